The molecule has 0 unspecified atom stereocenters. The number of thiol groups is 1. The third-order valence-corrected chi connectivity index (χ3v) is 3.50. The van der Waals surface area contributed by atoms with Crippen LogP contribution in [0.25, 0.3) is 11.1 Å². The summed E-state index contributed by atoms with van der Waals surface area (Å²) in [6.45, 7) is 0.719. The van der Waals surface area contributed by atoms with Gasteiger partial charge in [-0.05, 0) is 42.4 Å². The van der Waals surface area contributed by atoms with E-state index in [9.17, 15) is 13.2 Å². The van der Waals surface area contributed by atoms with Crippen molar-refractivity contribution in [2.24, 2.45) is 7.05 Å². The highest BCUT2D eigenvalue weighted by molar-refractivity contribution is 7.79. The number of alkyl halides is 3. The summed E-state index contributed by atoms with van der Waals surface area (Å²) < 4.78 is 41.3. The van der Waals surface area contributed by atoms with Gasteiger partial charge in [0.05, 0.1) is 11.8 Å². The zero-order valence-electron chi connectivity index (χ0n) is 12.4. The van der Waals surface area contributed by atoms with Crippen LogP contribution in [-0.4, -0.2) is 22.6 Å². The van der Waals surface area contributed by atoms with Gasteiger partial charge in [-0.15, -0.1) is 0 Å². The lowest BCUT2D eigenvalue weighted by Crippen LogP contribution is -2.15. The van der Waals surface area contributed by atoms with Crippen LogP contribution in [0, 0.1) is 0 Å². The van der Waals surface area contributed by atoms with Crippen molar-refractivity contribution in [3.05, 3.63) is 35.7 Å². The lowest BCUT2D eigenvalue weighted by molar-refractivity contribution is -0.137. The molecule has 0 radical (unpaired) electrons. The average Bonchev–Trinajstić information content (AvgIpc) is 2.93. The number of benzene rings is 1. The van der Waals surface area contributed by atoms with E-state index in [0.29, 0.717) is 11.3 Å². The van der Waals surface area contributed by atoms with Crippen LogP contribution in [0.1, 0.15) is 17.5 Å². The van der Waals surface area contributed by atoms with Crippen molar-refractivity contribution in [2.45, 2.75) is 19.0 Å². The number of hydrogen-bond donors (Lipinski definition) is 2. The Morgan fingerprint density at radius 1 is 1.27 bits per heavy atom. The highest BCUT2D eigenvalue weighted by Gasteiger charge is 2.35. The van der Waals surface area contributed by atoms with Crippen molar-refractivity contribution in [3.8, 4) is 11.1 Å². The maximum absolute atomic E-state index is 13.3. The third-order valence-electron chi connectivity index (χ3n) is 3.50. The molecule has 0 amide bonds. The molecule has 1 aromatic heterocycles. The van der Waals surface area contributed by atoms with Gasteiger partial charge in [0.25, 0.3) is 0 Å². The predicted molar refractivity (Wildman–Crippen MR) is 85.4 cm³/mol. The van der Waals surface area contributed by atoms with Crippen LogP contribution in [0.4, 0.5) is 18.9 Å². The van der Waals surface area contributed by atoms with Gasteiger partial charge in [0, 0.05) is 31.0 Å². The second-order valence-corrected chi connectivity index (χ2v) is 4.99. The van der Waals surface area contributed by atoms with Crippen LogP contribution in [0.5, 0.6) is 0 Å². The summed E-state index contributed by atoms with van der Waals surface area (Å²) in [4.78, 5) is 0. The fourth-order valence-corrected chi connectivity index (χ4v) is 2.55. The maximum atomic E-state index is 13.3. The first-order valence-electron chi connectivity index (χ1n) is 6.87. The van der Waals surface area contributed by atoms with Gasteiger partial charge in [-0.3, -0.25) is 4.68 Å². The van der Waals surface area contributed by atoms with E-state index in [2.05, 4.69) is 23.0 Å². The zero-order valence-corrected chi connectivity index (χ0v) is 13.3. The summed E-state index contributed by atoms with van der Waals surface area (Å²) in [5.74, 6) is 0. The van der Waals surface area contributed by atoms with E-state index < -0.39 is 11.7 Å². The first kappa shape index (κ1) is 16.7. The van der Waals surface area contributed by atoms with Crippen LogP contribution in [0.15, 0.2) is 24.5 Å². The molecule has 1 aliphatic rings. The highest BCUT2D eigenvalue weighted by Crippen LogP contribution is 2.40. The van der Waals surface area contributed by atoms with E-state index in [-0.39, 0.29) is 5.56 Å². The van der Waals surface area contributed by atoms with Gasteiger partial charge in [0.15, 0.2) is 0 Å². The smallest absolute Gasteiger partial charge is 0.385 e. The van der Waals surface area contributed by atoms with Crippen molar-refractivity contribution in [2.75, 3.05) is 18.1 Å². The summed E-state index contributed by atoms with van der Waals surface area (Å²) in [5, 5.41) is 7.00. The topological polar surface area (TPSA) is 29.9 Å². The molecule has 0 fully saturated rings. The van der Waals surface area contributed by atoms with E-state index in [1.807, 2.05) is 0 Å². The van der Waals surface area contributed by atoms with Gasteiger partial charge in [0.1, 0.15) is 0 Å². The maximum Gasteiger partial charge on any atom is 0.417 e. The fourth-order valence-electron chi connectivity index (χ4n) is 2.55. The molecule has 1 aliphatic heterocycles. The normalized spacial score (nSPS) is 13.7. The van der Waals surface area contributed by atoms with Gasteiger partial charge in [-0.2, -0.15) is 30.9 Å². The van der Waals surface area contributed by atoms with Crippen LogP contribution in [0.3, 0.4) is 0 Å². The summed E-state index contributed by atoms with van der Waals surface area (Å²) in [6, 6.07) is 2.86. The van der Waals surface area contributed by atoms with Crippen molar-refractivity contribution in [1.82, 2.24) is 9.78 Å². The van der Waals surface area contributed by atoms with Crippen LogP contribution in [-0.2, 0) is 19.6 Å². The number of fused-ring (bicyclic) bond motifs is 1. The number of nitrogens with zero attached hydrogens (tertiary/aromatic N) is 2. The molecule has 2 heterocycles. The Morgan fingerprint density at radius 3 is 2.59 bits per heavy atom. The van der Waals surface area contributed by atoms with Crippen LogP contribution in [0.2, 0.25) is 0 Å². The molecular formula is C15H18F3N3S. The minimum atomic E-state index is -4.38. The first-order valence-corrected chi connectivity index (χ1v) is 7.76. The van der Waals surface area contributed by atoms with Gasteiger partial charge < -0.3 is 5.32 Å². The number of rotatable bonds is 1. The van der Waals surface area contributed by atoms with Gasteiger partial charge in [-0.25, -0.2) is 0 Å². The minimum absolute atomic E-state index is 0.202. The second-order valence-electron chi connectivity index (χ2n) is 4.99. The van der Waals surface area contributed by atoms with E-state index in [1.54, 1.807) is 25.6 Å². The molecule has 0 saturated carbocycles. The molecule has 3 nitrogen and oxygen atoms in total. The van der Waals surface area contributed by atoms with E-state index in [1.165, 1.54) is 16.9 Å². The molecule has 3 rings (SSSR count). The molecule has 120 valence electrons. The lowest BCUT2D eigenvalue weighted by atomic mass is 9.94. The number of nitrogens with one attached hydrogen (secondary N) is 1. The summed E-state index contributed by atoms with van der Waals surface area (Å²) >= 11 is 3.53. The molecule has 0 spiro atoms. The van der Waals surface area contributed by atoms with E-state index in [0.717, 1.165) is 24.9 Å². The van der Waals surface area contributed by atoms with Gasteiger partial charge >= 0.3 is 6.18 Å². The van der Waals surface area contributed by atoms with Gasteiger partial charge in [0.2, 0.25) is 0 Å². The fraction of sp³-hybridized carbons (Fsp3) is 0.400. The SMILES string of the molecule is CS.Cn1cc(-c2cc3c(cc2C(F)(F)F)NCCC3)cn1. The Kier molecular flexibility index (Phi) is 5.05. The minimum Gasteiger partial charge on any atom is -0.385 e. The number of anilines is 1. The first-order chi connectivity index (χ1) is 10.4. The molecule has 0 saturated heterocycles. The van der Waals surface area contributed by atoms with Crippen molar-refractivity contribution < 1.29 is 13.2 Å². The van der Waals surface area contributed by atoms with Crippen molar-refractivity contribution >= 4 is 18.3 Å². The molecule has 0 bridgehead atoms. The zero-order chi connectivity index (χ0) is 16.3. The second kappa shape index (κ2) is 6.64. The molecular weight excluding hydrogens is 311 g/mol. The largest absolute Gasteiger partial charge is 0.417 e. The number of aromatic nitrogens is 2. The quantitative estimate of drug-likeness (QED) is 0.774. The van der Waals surface area contributed by atoms with Gasteiger partial charge in [-0.1, -0.05) is 0 Å². The Morgan fingerprint density at radius 2 is 2.00 bits per heavy atom. The Labute approximate surface area is 132 Å². The Balaban J connectivity index is 0.000000847. The van der Waals surface area contributed by atoms with E-state index >= 15 is 0 Å². The molecule has 2 aromatic rings. The Hall–Kier alpha value is -1.63. The average molecular weight is 329 g/mol. The molecule has 0 atom stereocenters. The molecule has 0 aliphatic carbocycles. The van der Waals surface area contributed by atoms with Crippen molar-refractivity contribution in [3.63, 3.8) is 0 Å². The number of halogens is 3. The standard InChI is InChI=1S/C14H14F3N3.CH4S/c1-20-8-10(7-19-20)11-5-9-3-2-4-18-13(9)6-12(11)14(15,16)17;1-2/h5-8,18H,2-4H2,1H3;2H,1H3. The third kappa shape index (κ3) is 3.40. The van der Waals surface area contributed by atoms with Crippen LogP contribution >= 0.6 is 12.6 Å². The predicted octanol–water partition coefficient (Wildman–Crippen LogP) is 4.01. The monoisotopic (exact) mass is 329 g/mol. The molecule has 1 aromatic carbocycles. The van der Waals surface area contributed by atoms with Crippen molar-refractivity contribution in [1.29, 1.82) is 0 Å². The number of aryl methyl sites for hydroxylation is 2. The summed E-state index contributed by atoms with van der Waals surface area (Å²) in [6.07, 6.45) is 2.12. The summed E-state index contributed by atoms with van der Waals surface area (Å²) in [5.41, 5.74) is 1.61. The highest BCUT2D eigenvalue weighted by atomic mass is 32.1. The van der Waals surface area contributed by atoms with E-state index in [4.69, 9.17) is 0 Å². The summed E-state index contributed by atoms with van der Waals surface area (Å²) in [7, 11) is 1.69. The lowest BCUT2D eigenvalue weighted by Gasteiger charge is -2.22. The van der Waals surface area contributed by atoms with Crippen LogP contribution < -0.4 is 5.32 Å². The molecule has 22 heavy (non-hydrogen) atoms. The Bertz CT molecular complexity index is 650. The molecule has 7 heteroatoms. The number of hydrogen-bond acceptors (Lipinski definition) is 3. The molecule has 1 N–H and O–H groups in total.